The maximum atomic E-state index is 5.28. The largest absolute Gasteiger partial charge is 0.497 e. The summed E-state index contributed by atoms with van der Waals surface area (Å²) in [5.74, 6) is 3.83. The van der Waals surface area contributed by atoms with Crippen LogP contribution >= 0.6 is 15.9 Å². The zero-order valence-electron chi connectivity index (χ0n) is 12.0. The highest BCUT2D eigenvalue weighted by Crippen LogP contribution is 2.39. The molecule has 1 heterocycles. The van der Waals surface area contributed by atoms with Gasteiger partial charge in [-0.15, -0.1) is 0 Å². The normalized spacial score (nSPS) is 13.9. The number of hydrogen-bond donors (Lipinski definition) is 2. The van der Waals surface area contributed by atoms with Gasteiger partial charge >= 0.3 is 0 Å². The van der Waals surface area contributed by atoms with Crippen LogP contribution in [0.5, 0.6) is 5.75 Å². The molecule has 0 bridgehead atoms. The Balaban J connectivity index is 1.90. The summed E-state index contributed by atoms with van der Waals surface area (Å²) in [7, 11) is 3.52. The summed E-state index contributed by atoms with van der Waals surface area (Å²) in [6.45, 7) is 0. The minimum atomic E-state index is 0.510. The zero-order chi connectivity index (χ0) is 14.8. The lowest BCUT2D eigenvalue weighted by atomic mass is 10.3. The van der Waals surface area contributed by atoms with E-state index in [2.05, 4.69) is 36.5 Å². The maximum Gasteiger partial charge on any atom is 0.136 e. The molecule has 2 aromatic rings. The van der Waals surface area contributed by atoms with Crippen molar-refractivity contribution in [2.45, 2.75) is 18.8 Å². The zero-order valence-corrected chi connectivity index (χ0v) is 13.6. The van der Waals surface area contributed by atoms with Crippen molar-refractivity contribution in [1.82, 2.24) is 9.97 Å². The molecule has 21 heavy (non-hydrogen) atoms. The molecule has 0 amide bonds. The van der Waals surface area contributed by atoms with E-state index in [1.807, 2.05) is 31.3 Å². The van der Waals surface area contributed by atoms with Gasteiger partial charge in [0.15, 0.2) is 0 Å². The van der Waals surface area contributed by atoms with Gasteiger partial charge in [0.2, 0.25) is 0 Å². The molecule has 1 saturated carbocycles. The second-order valence-electron chi connectivity index (χ2n) is 5.03. The quantitative estimate of drug-likeness (QED) is 0.857. The number of hydrogen-bond acceptors (Lipinski definition) is 5. The molecule has 110 valence electrons. The first-order valence-electron chi connectivity index (χ1n) is 6.86. The minimum Gasteiger partial charge on any atom is -0.497 e. The average molecular weight is 349 g/mol. The van der Waals surface area contributed by atoms with Crippen molar-refractivity contribution in [3.63, 3.8) is 0 Å². The van der Waals surface area contributed by atoms with Crippen LogP contribution in [0.4, 0.5) is 17.3 Å². The average Bonchev–Trinajstić information content (AvgIpc) is 3.30. The molecule has 5 nitrogen and oxygen atoms in total. The topological polar surface area (TPSA) is 59.1 Å². The fraction of sp³-hybridized carbons (Fsp3) is 0.333. The Labute approximate surface area is 132 Å². The number of rotatable bonds is 5. The number of aromatic nitrogens is 2. The predicted molar refractivity (Wildman–Crippen MR) is 87.5 cm³/mol. The summed E-state index contributed by atoms with van der Waals surface area (Å²) >= 11 is 3.48. The third-order valence-electron chi connectivity index (χ3n) is 3.32. The Hall–Kier alpha value is -1.82. The van der Waals surface area contributed by atoms with Crippen LogP contribution in [-0.4, -0.2) is 24.1 Å². The molecular formula is C15H17BrN4O. The Bertz CT molecular complexity index is 658. The van der Waals surface area contributed by atoms with Crippen LogP contribution in [0.1, 0.15) is 24.6 Å². The number of anilines is 3. The van der Waals surface area contributed by atoms with Gasteiger partial charge in [-0.25, -0.2) is 9.97 Å². The number of nitrogens with one attached hydrogen (secondary N) is 2. The molecule has 0 radical (unpaired) electrons. The molecule has 1 aromatic carbocycles. The first-order chi connectivity index (χ1) is 10.2. The highest BCUT2D eigenvalue weighted by atomic mass is 79.9. The van der Waals surface area contributed by atoms with Gasteiger partial charge in [0.25, 0.3) is 0 Å². The Morgan fingerprint density at radius 3 is 2.57 bits per heavy atom. The highest BCUT2D eigenvalue weighted by Gasteiger charge is 2.27. The summed E-state index contributed by atoms with van der Waals surface area (Å²) < 4.78 is 6.23. The third kappa shape index (κ3) is 3.44. The SMILES string of the molecule is CNc1cc(Nc2cc(Br)cc(OC)c2)nc(C2CC2)n1. The van der Waals surface area contributed by atoms with Crippen molar-refractivity contribution in [1.29, 1.82) is 0 Å². The molecule has 0 atom stereocenters. The van der Waals surface area contributed by atoms with Crippen LogP contribution in [0.25, 0.3) is 0 Å². The van der Waals surface area contributed by atoms with Crippen LogP contribution in [0.15, 0.2) is 28.7 Å². The van der Waals surface area contributed by atoms with E-state index in [1.165, 1.54) is 12.8 Å². The Morgan fingerprint density at radius 1 is 1.14 bits per heavy atom. The van der Waals surface area contributed by atoms with E-state index < -0.39 is 0 Å². The number of ether oxygens (including phenoxy) is 1. The van der Waals surface area contributed by atoms with Crippen molar-refractivity contribution >= 4 is 33.3 Å². The number of halogens is 1. The second-order valence-corrected chi connectivity index (χ2v) is 5.94. The molecule has 0 unspecified atom stereocenters. The van der Waals surface area contributed by atoms with Gasteiger partial charge in [-0.2, -0.15) is 0 Å². The van der Waals surface area contributed by atoms with Crippen molar-refractivity contribution in [3.05, 3.63) is 34.6 Å². The summed E-state index contributed by atoms with van der Waals surface area (Å²) in [6, 6.07) is 7.74. The standard InChI is InChI=1S/C15H17BrN4O/c1-17-13-8-14(20-15(19-13)9-3-4-9)18-11-5-10(16)6-12(7-11)21-2/h5-9H,3-4H2,1-2H3,(H2,17,18,19,20). The van der Waals surface area contributed by atoms with E-state index in [1.54, 1.807) is 7.11 Å². The fourth-order valence-corrected chi connectivity index (χ4v) is 2.55. The molecule has 2 N–H and O–H groups in total. The summed E-state index contributed by atoms with van der Waals surface area (Å²) in [6.07, 6.45) is 2.36. The minimum absolute atomic E-state index is 0.510. The Kier molecular flexibility index (Phi) is 3.96. The molecule has 1 aliphatic rings. The van der Waals surface area contributed by atoms with Crippen LogP contribution in [0, 0.1) is 0 Å². The molecular weight excluding hydrogens is 332 g/mol. The van der Waals surface area contributed by atoms with E-state index in [9.17, 15) is 0 Å². The number of methoxy groups -OCH3 is 1. The predicted octanol–water partition coefficient (Wildman–Crippen LogP) is 3.91. The maximum absolute atomic E-state index is 5.28. The van der Waals surface area contributed by atoms with Crippen molar-refractivity contribution in [2.75, 3.05) is 24.8 Å². The highest BCUT2D eigenvalue weighted by molar-refractivity contribution is 9.10. The molecule has 1 aliphatic carbocycles. The molecule has 0 saturated heterocycles. The van der Waals surface area contributed by atoms with Crippen molar-refractivity contribution in [2.24, 2.45) is 0 Å². The van der Waals surface area contributed by atoms with E-state index in [0.717, 1.165) is 33.4 Å². The van der Waals surface area contributed by atoms with Gasteiger partial charge in [-0.05, 0) is 25.0 Å². The molecule has 0 spiro atoms. The molecule has 1 fully saturated rings. The first-order valence-corrected chi connectivity index (χ1v) is 7.65. The third-order valence-corrected chi connectivity index (χ3v) is 3.78. The molecule has 3 rings (SSSR count). The lowest BCUT2D eigenvalue weighted by Crippen LogP contribution is -2.03. The van der Waals surface area contributed by atoms with E-state index in [0.29, 0.717) is 5.92 Å². The van der Waals surface area contributed by atoms with Gasteiger partial charge in [0.05, 0.1) is 7.11 Å². The van der Waals surface area contributed by atoms with Crippen molar-refractivity contribution in [3.8, 4) is 5.75 Å². The lowest BCUT2D eigenvalue weighted by molar-refractivity contribution is 0.415. The van der Waals surface area contributed by atoms with Gasteiger partial charge < -0.3 is 15.4 Å². The van der Waals surface area contributed by atoms with E-state index in [-0.39, 0.29) is 0 Å². The van der Waals surface area contributed by atoms with Crippen LogP contribution in [-0.2, 0) is 0 Å². The number of nitrogens with zero attached hydrogens (tertiary/aromatic N) is 2. The smallest absolute Gasteiger partial charge is 0.136 e. The summed E-state index contributed by atoms with van der Waals surface area (Å²) in [5, 5.41) is 6.40. The second kappa shape index (κ2) is 5.89. The van der Waals surface area contributed by atoms with Gasteiger partial charge in [-0.3, -0.25) is 0 Å². The molecule has 6 heteroatoms. The summed E-state index contributed by atoms with van der Waals surface area (Å²) in [4.78, 5) is 9.12. The Morgan fingerprint density at radius 2 is 1.90 bits per heavy atom. The molecule has 1 aromatic heterocycles. The lowest BCUT2D eigenvalue weighted by Gasteiger charge is -2.11. The molecule has 0 aliphatic heterocycles. The van der Waals surface area contributed by atoms with E-state index >= 15 is 0 Å². The van der Waals surface area contributed by atoms with Crippen LogP contribution in [0.2, 0.25) is 0 Å². The number of benzene rings is 1. The van der Waals surface area contributed by atoms with Gasteiger partial charge in [0.1, 0.15) is 23.2 Å². The van der Waals surface area contributed by atoms with Crippen molar-refractivity contribution < 1.29 is 4.74 Å². The van der Waals surface area contributed by atoms with Crippen LogP contribution < -0.4 is 15.4 Å². The van der Waals surface area contributed by atoms with Crippen LogP contribution in [0.3, 0.4) is 0 Å². The summed E-state index contributed by atoms with van der Waals surface area (Å²) in [5.41, 5.74) is 0.920. The van der Waals surface area contributed by atoms with Gasteiger partial charge in [-0.1, -0.05) is 15.9 Å². The fourth-order valence-electron chi connectivity index (χ4n) is 2.08. The van der Waals surface area contributed by atoms with E-state index in [4.69, 9.17) is 4.74 Å². The monoisotopic (exact) mass is 348 g/mol. The first kappa shape index (κ1) is 14.1. The van der Waals surface area contributed by atoms with Gasteiger partial charge in [0, 0.05) is 35.3 Å².